The van der Waals surface area contributed by atoms with Crippen molar-refractivity contribution in [2.24, 2.45) is 0 Å². The zero-order valence-corrected chi connectivity index (χ0v) is 13.1. The Balaban J connectivity index is 1.57. The Morgan fingerprint density at radius 1 is 1.26 bits per heavy atom. The lowest BCUT2D eigenvalue weighted by atomic mass is 10.1. The molecule has 2 N–H and O–H groups in total. The highest BCUT2D eigenvalue weighted by Crippen LogP contribution is 2.14. The fraction of sp³-hybridized carbons (Fsp3) is 0.529. The van der Waals surface area contributed by atoms with Crippen LogP contribution in [0.3, 0.4) is 0 Å². The lowest BCUT2D eigenvalue weighted by Crippen LogP contribution is -2.56. The molecule has 2 heterocycles. The van der Waals surface area contributed by atoms with Gasteiger partial charge in [-0.3, -0.25) is 9.59 Å². The van der Waals surface area contributed by atoms with Gasteiger partial charge in [0.2, 0.25) is 11.8 Å². The van der Waals surface area contributed by atoms with Gasteiger partial charge in [-0.2, -0.15) is 0 Å². The monoisotopic (exact) mass is 317 g/mol. The van der Waals surface area contributed by atoms with Crippen molar-refractivity contribution < 1.29 is 14.7 Å². The van der Waals surface area contributed by atoms with Crippen LogP contribution in [-0.2, 0) is 16.1 Å². The second kappa shape index (κ2) is 7.10. The van der Waals surface area contributed by atoms with Crippen LogP contribution in [-0.4, -0.2) is 65.0 Å². The van der Waals surface area contributed by atoms with E-state index in [0.29, 0.717) is 39.1 Å². The molecular weight excluding hydrogens is 294 g/mol. The Morgan fingerprint density at radius 2 is 2.04 bits per heavy atom. The number of nitrogens with one attached hydrogen (secondary N) is 1. The van der Waals surface area contributed by atoms with E-state index >= 15 is 0 Å². The number of hydrogen-bond donors (Lipinski definition) is 2. The highest BCUT2D eigenvalue weighted by molar-refractivity contribution is 5.89. The van der Waals surface area contributed by atoms with Gasteiger partial charge in [-0.25, -0.2) is 0 Å². The van der Waals surface area contributed by atoms with E-state index in [1.807, 2.05) is 35.2 Å². The van der Waals surface area contributed by atoms with Crippen LogP contribution in [0.25, 0.3) is 0 Å². The number of benzene rings is 1. The number of carbonyl (C=O) groups excluding carboxylic acids is 2. The van der Waals surface area contributed by atoms with Gasteiger partial charge in [-0.05, 0) is 12.0 Å². The summed E-state index contributed by atoms with van der Waals surface area (Å²) in [5.41, 5.74) is 1.09. The number of likely N-dealkylation sites (tertiary alicyclic amines) is 1. The van der Waals surface area contributed by atoms with Gasteiger partial charge in [0.05, 0.1) is 18.6 Å². The maximum atomic E-state index is 12.6. The van der Waals surface area contributed by atoms with Crippen molar-refractivity contribution in [1.82, 2.24) is 15.1 Å². The second-order valence-electron chi connectivity index (χ2n) is 6.24. The summed E-state index contributed by atoms with van der Waals surface area (Å²) in [4.78, 5) is 28.3. The number of rotatable bonds is 4. The Bertz CT molecular complexity index is 563. The molecule has 2 saturated heterocycles. The van der Waals surface area contributed by atoms with Crippen LogP contribution in [0.2, 0.25) is 0 Å². The number of aliphatic hydroxyl groups is 1. The Kier molecular flexibility index (Phi) is 4.93. The first-order valence-corrected chi connectivity index (χ1v) is 8.15. The van der Waals surface area contributed by atoms with Crippen LogP contribution in [0.1, 0.15) is 18.4 Å². The average molecular weight is 317 g/mol. The van der Waals surface area contributed by atoms with Crippen molar-refractivity contribution in [1.29, 1.82) is 0 Å². The number of piperazine rings is 1. The fourth-order valence-electron chi connectivity index (χ4n) is 3.18. The molecule has 2 aliphatic rings. The third kappa shape index (κ3) is 3.89. The molecule has 2 unspecified atom stereocenters. The Morgan fingerprint density at radius 3 is 2.74 bits per heavy atom. The van der Waals surface area contributed by atoms with E-state index in [9.17, 15) is 14.7 Å². The van der Waals surface area contributed by atoms with Crippen LogP contribution in [0.15, 0.2) is 30.3 Å². The van der Waals surface area contributed by atoms with Crippen LogP contribution in [0, 0.1) is 0 Å². The molecule has 0 bridgehead atoms. The van der Waals surface area contributed by atoms with E-state index in [2.05, 4.69) is 5.32 Å². The van der Waals surface area contributed by atoms with E-state index in [1.54, 1.807) is 4.90 Å². The topological polar surface area (TPSA) is 72.9 Å². The molecule has 0 aromatic heterocycles. The minimum Gasteiger partial charge on any atom is -0.391 e. The maximum Gasteiger partial charge on any atom is 0.240 e. The summed E-state index contributed by atoms with van der Waals surface area (Å²) < 4.78 is 0. The molecule has 23 heavy (non-hydrogen) atoms. The fourth-order valence-corrected chi connectivity index (χ4v) is 3.18. The summed E-state index contributed by atoms with van der Waals surface area (Å²) in [7, 11) is 0. The lowest BCUT2D eigenvalue weighted by Gasteiger charge is -2.33. The first-order valence-electron chi connectivity index (χ1n) is 8.15. The van der Waals surface area contributed by atoms with Crippen molar-refractivity contribution in [3.8, 4) is 0 Å². The molecule has 2 aliphatic heterocycles. The van der Waals surface area contributed by atoms with Crippen molar-refractivity contribution in [3.63, 3.8) is 0 Å². The minimum absolute atomic E-state index is 0.0202. The van der Waals surface area contributed by atoms with E-state index in [0.717, 1.165) is 5.56 Å². The number of carbonyl (C=O) groups is 2. The van der Waals surface area contributed by atoms with Gasteiger partial charge in [0.1, 0.15) is 0 Å². The zero-order chi connectivity index (χ0) is 16.2. The first-order chi connectivity index (χ1) is 11.1. The summed E-state index contributed by atoms with van der Waals surface area (Å²) in [5, 5.41) is 12.7. The third-order valence-electron chi connectivity index (χ3n) is 4.49. The van der Waals surface area contributed by atoms with Crippen molar-refractivity contribution in [2.75, 3.05) is 26.2 Å². The molecule has 2 fully saturated rings. The molecular formula is C17H23N3O3. The number of amides is 2. The predicted molar refractivity (Wildman–Crippen MR) is 85.5 cm³/mol. The Labute approximate surface area is 136 Å². The SMILES string of the molecule is O=C(CC1NCCN(Cc2ccccc2)C1=O)N1CCC(O)C1. The molecule has 1 aromatic carbocycles. The van der Waals surface area contributed by atoms with Gasteiger partial charge in [-0.1, -0.05) is 30.3 Å². The van der Waals surface area contributed by atoms with E-state index < -0.39 is 12.1 Å². The van der Waals surface area contributed by atoms with Gasteiger partial charge in [0.25, 0.3) is 0 Å². The summed E-state index contributed by atoms with van der Waals surface area (Å²) in [6.07, 6.45) is 0.359. The Hall–Kier alpha value is -1.92. The molecule has 6 heteroatoms. The van der Waals surface area contributed by atoms with E-state index in [4.69, 9.17) is 0 Å². The molecule has 2 amide bonds. The normalized spacial score (nSPS) is 25.0. The van der Waals surface area contributed by atoms with E-state index in [-0.39, 0.29) is 18.2 Å². The predicted octanol–water partition coefficient (Wildman–Crippen LogP) is -0.0297. The third-order valence-corrected chi connectivity index (χ3v) is 4.49. The van der Waals surface area contributed by atoms with Gasteiger partial charge in [-0.15, -0.1) is 0 Å². The second-order valence-corrected chi connectivity index (χ2v) is 6.24. The van der Waals surface area contributed by atoms with Crippen molar-refractivity contribution in [3.05, 3.63) is 35.9 Å². The first kappa shape index (κ1) is 16.0. The number of aliphatic hydroxyl groups excluding tert-OH is 1. The molecule has 2 atom stereocenters. The van der Waals surface area contributed by atoms with Crippen LogP contribution in [0.4, 0.5) is 0 Å². The van der Waals surface area contributed by atoms with Crippen LogP contribution < -0.4 is 5.32 Å². The maximum absolute atomic E-state index is 12.6. The van der Waals surface area contributed by atoms with Crippen molar-refractivity contribution >= 4 is 11.8 Å². The molecule has 0 aliphatic carbocycles. The number of hydrogen-bond acceptors (Lipinski definition) is 4. The molecule has 0 saturated carbocycles. The molecule has 0 spiro atoms. The number of nitrogens with zero attached hydrogens (tertiary/aromatic N) is 2. The number of β-amino-alcohol motifs (C(OH)–C–C–N with tert-alkyl or cyclic N) is 1. The largest absolute Gasteiger partial charge is 0.391 e. The summed E-state index contributed by atoms with van der Waals surface area (Å²) in [6, 6.07) is 9.42. The summed E-state index contributed by atoms with van der Waals surface area (Å²) >= 11 is 0. The zero-order valence-electron chi connectivity index (χ0n) is 13.1. The highest BCUT2D eigenvalue weighted by Gasteiger charge is 2.33. The minimum atomic E-state index is -0.460. The van der Waals surface area contributed by atoms with Crippen LogP contribution in [0.5, 0.6) is 0 Å². The molecule has 0 radical (unpaired) electrons. The quantitative estimate of drug-likeness (QED) is 0.818. The van der Waals surface area contributed by atoms with Crippen molar-refractivity contribution in [2.45, 2.75) is 31.5 Å². The molecule has 3 rings (SSSR count). The van der Waals surface area contributed by atoms with Gasteiger partial charge < -0.3 is 20.2 Å². The summed E-state index contributed by atoms with van der Waals surface area (Å²) in [6.45, 7) is 2.89. The van der Waals surface area contributed by atoms with Gasteiger partial charge in [0, 0.05) is 32.7 Å². The molecule has 124 valence electrons. The molecule has 6 nitrogen and oxygen atoms in total. The smallest absolute Gasteiger partial charge is 0.240 e. The van der Waals surface area contributed by atoms with Crippen LogP contribution >= 0.6 is 0 Å². The standard InChI is InChI=1S/C17H23N3O3/c21-14-6-8-19(12-14)16(22)10-15-17(23)20(9-7-18-15)11-13-4-2-1-3-5-13/h1-5,14-15,18,21H,6-12H2. The lowest BCUT2D eigenvalue weighted by molar-refractivity contribution is -0.141. The summed E-state index contributed by atoms with van der Waals surface area (Å²) in [5.74, 6) is -0.0813. The van der Waals surface area contributed by atoms with E-state index in [1.165, 1.54) is 0 Å². The highest BCUT2D eigenvalue weighted by atomic mass is 16.3. The van der Waals surface area contributed by atoms with Gasteiger partial charge in [0.15, 0.2) is 0 Å². The average Bonchev–Trinajstić information content (AvgIpc) is 2.99. The van der Waals surface area contributed by atoms with Gasteiger partial charge >= 0.3 is 0 Å². The molecule has 1 aromatic rings.